The summed E-state index contributed by atoms with van der Waals surface area (Å²) in [6.07, 6.45) is 0. The predicted octanol–water partition coefficient (Wildman–Crippen LogP) is 2.91. The second kappa shape index (κ2) is 6.35. The lowest BCUT2D eigenvalue weighted by molar-refractivity contribution is 0.0940. The standard InChI is InChI=1S/C20H19N5O2/c1-10-11(2)22-17-9-14(5-7-15(17)21-10)19(26)23-12(3)13-4-6-16-18(8-13)25-20(27)24-16/h4-9,12H,1-3H3,(H,23,26)(H2,24,25,27). The molecule has 0 aliphatic heterocycles. The average Bonchev–Trinajstić information content (AvgIpc) is 3.01. The molecule has 0 radical (unpaired) electrons. The van der Waals surface area contributed by atoms with E-state index in [9.17, 15) is 9.59 Å². The van der Waals surface area contributed by atoms with Gasteiger partial charge in [0.2, 0.25) is 0 Å². The van der Waals surface area contributed by atoms with Crippen molar-refractivity contribution in [1.82, 2.24) is 25.3 Å². The van der Waals surface area contributed by atoms with E-state index in [0.717, 1.165) is 28.0 Å². The van der Waals surface area contributed by atoms with Crippen molar-refractivity contribution in [1.29, 1.82) is 0 Å². The van der Waals surface area contributed by atoms with Gasteiger partial charge in [0.1, 0.15) is 0 Å². The van der Waals surface area contributed by atoms with Crippen LogP contribution in [0.3, 0.4) is 0 Å². The van der Waals surface area contributed by atoms with E-state index in [4.69, 9.17) is 0 Å². The van der Waals surface area contributed by atoms with Crippen molar-refractivity contribution in [3.63, 3.8) is 0 Å². The van der Waals surface area contributed by atoms with Crippen molar-refractivity contribution in [3.05, 3.63) is 69.4 Å². The SMILES string of the molecule is Cc1nc2ccc(C(=O)NC(C)c3ccc4[nH]c(=O)[nH]c4c3)cc2nc1C. The first-order chi connectivity index (χ1) is 12.9. The molecule has 4 aromatic rings. The third-order valence-electron chi connectivity index (χ3n) is 4.73. The Morgan fingerprint density at radius 3 is 2.44 bits per heavy atom. The molecule has 27 heavy (non-hydrogen) atoms. The van der Waals surface area contributed by atoms with E-state index in [0.29, 0.717) is 16.6 Å². The Labute approximate surface area is 154 Å². The van der Waals surface area contributed by atoms with Crippen LogP contribution in [-0.2, 0) is 0 Å². The molecule has 3 N–H and O–H groups in total. The van der Waals surface area contributed by atoms with Crippen LogP contribution < -0.4 is 11.0 Å². The largest absolute Gasteiger partial charge is 0.346 e. The van der Waals surface area contributed by atoms with Crippen molar-refractivity contribution in [2.45, 2.75) is 26.8 Å². The smallest absolute Gasteiger partial charge is 0.323 e. The molecule has 0 saturated carbocycles. The third kappa shape index (κ3) is 3.19. The zero-order valence-electron chi connectivity index (χ0n) is 15.3. The van der Waals surface area contributed by atoms with E-state index >= 15 is 0 Å². The maximum absolute atomic E-state index is 12.7. The number of H-pyrrole nitrogens is 2. The van der Waals surface area contributed by atoms with Gasteiger partial charge in [-0.1, -0.05) is 6.07 Å². The van der Waals surface area contributed by atoms with Gasteiger partial charge in [-0.05, 0) is 56.7 Å². The lowest BCUT2D eigenvalue weighted by Gasteiger charge is -2.15. The summed E-state index contributed by atoms with van der Waals surface area (Å²) in [6, 6.07) is 10.7. The van der Waals surface area contributed by atoms with Gasteiger partial charge in [0.25, 0.3) is 5.91 Å². The molecule has 1 unspecified atom stereocenters. The summed E-state index contributed by atoms with van der Waals surface area (Å²) in [6.45, 7) is 5.72. The quantitative estimate of drug-likeness (QED) is 0.522. The topological polar surface area (TPSA) is 104 Å². The van der Waals surface area contributed by atoms with Gasteiger partial charge in [-0.15, -0.1) is 0 Å². The highest BCUT2D eigenvalue weighted by Gasteiger charge is 2.14. The molecule has 0 bridgehead atoms. The van der Waals surface area contributed by atoms with Gasteiger partial charge in [-0.3, -0.25) is 4.79 Å². The molecule has 1 amide bonds. The molecule has 7 nitrogen and oxygen atoms in total. The van der Waals surface area contributed by atoms with Crippen LogP contribution in [-0.4, -0.2) is 25.8 Å². The zero-order chi connectivity index (χ0) is 19.1. The summed E-state index contributed by atoms with van der Waals surface area (Å²) < 4.78 is 0. The first-order valence-corrected chi connectivity index (χ1v) is 8.68. The predicted molar refractivity (Wildman–Crippen MR) is 104 cm³/mol. The van der Waals surface area contributed by atoms with E-state index < -0.39 is 0 Å². The van der Waals surface area contributed by atoms with Gasteiger partial charge < -0.3 is 15.3 Å². The van der Waals surface area contributed by atoms with Crippen molar-refractivity contribution in [2.75, 3.05) is 0 Å². The molecule has 0 saturated heterocycles. The van der Waals surface area contributed by atoms with E-state index in [1.807, 2.05) is 45.0 Å². The number of nitrogens with zero attached hydrogens (tertiary/aromatic N) is 2. The number of fused-ring (bicyclic) bond motifs is 2. The molecule has 2 aromatic heterocycles. The molecular formula is C20H19N5O2. The second-order valence-corrected chi connectivity index (χ2v) is 6.68. The van der Waals surface area contributed by atoms with Gasteiger partial charge >= 0.3 is 5.69 Å². The molecule has 7 heteroatoms. The zero-order valence-corrected chi connectivity index (χ0v) is 15.3. The Morgan fingerprint density at radius 1 is 0.963 bits per heavy atom. The lowest BCUT2D eigenvalue weighted by Crippen LogP contribution is -2.26. The van der Waals surface area contributed by atoms with Crippen molar-refractivity contribution < 1.29 is 4.79 Å². The maximum Gasteiger partial charge on any atom is 0.323 e. The number of aromatic amines is 2. The van der Waals surface area contributed by atoms with Gasteiger partial charge in [-0.25, -0.2) is 14.8 Å². The average molecular weight is 361 g/mol. The molecule has 0 fully saturated rings. The molecule has 0 aliphatic carbocycles. The van der Waals surface area contributed by atoms with Crippen LogP contribution in [0, 0.1) is 13.8 Å². The van der Waals surface area contributed by atoms with Gasteiger partial charge in [-0.2, -0.15) is 0 Å². The van der Waals surface area contributed by atoms with Gasteiger partial charge in [0, 0.05) is 5.56 Å². The summed E-state index contributed by atoms with van der Waals surface area (Å²) in [4.78, 5) is 38.5. The first-order valence-electron chi connectivity index (χ1n) is 8.68. The van der Waals surface area contributed by atoms with Crippen LogP contribution in [0.15, 0.2) is 41.2 Å². The number of carbonyl (C=O) groups is 1. The van der Waals surface area contributed by atoms with Crippen molar-refractivity contribution >= 4 is 28.0 Å². The molecule has 1 atom stereocenters. The van der Waals surface area contributed by atoms with Crippen LogP contribution in [0.4, 0.5) is 0 Å². The minimum absolute atomic E-state index is 0.188. The number of aryl methyl sites for hydroxylation is 2. The second-order valence-electron chi connectivity index (χ2n) is 6.68. The van der Waals surface area contributed by atoms with Crippen LogP contribution in [0.5, 0.6) is 0 Å². The normalized spacial score (nSPS) is 12.4. The molecule has 2 heterocycles. The summed E-state index contributed by atoms with van der Waals surface area (Å²) in [5, 5.41) is 2.99. The third-order valence-corrected chi connectivity index (χ3v) is 4.73. The van der Waals surface area contributed by atoms with Gasteiger partial charge in [0.15, 0.2) is 0 Å². The summed E-state index contributed by atoms with van der Waals surface area (Å²) in [7, 11) is 0. The fourth-order valence-corrected chi connectivity index (χ4v) is 3.05. The Bertz CT molecular complexity index is 1240. The highest BCUT2D eigenvalue weighted by molar-refractivity contribution is 5.97. The molecule has 0 spiro atoms. The number of aromatic nitrogens is 4. The number of nitrogens with one attached hydrogen (secondary N) is 3. The number of carbonyl (C=O) groups excluding carboxylic acids is 1. The Kier molecular flexibility index (Phi) is 3.99. The number of rotatable bonds is 3. The number of hydrogen-bond acceptors (Lipinski definition) is 4. The van der Waals surface area contributed by atoms with E-state index in [-0.39, 0.29) is 17.6 Å². The van der Waals surface area contributed by atoms with E-state index in [2.05, 4.69) is 25.3 Å². The van der Waals surface area contributed by atoms with Crippen LogP contribution in [0.1, 0.15) is 40.3 Å². The van der Waals surface area contributed by atoms with E-state index in [1.165, 1.54) is 0 Å². The molecular weight excluding hydrogens is 342 g/mol. The number of hydrogen-bond donors (Lipinski definition) is 3. The number of imidazole rings is 1. The first kappa shape index (κ1) is 17.0. The highest BCUT2D eigenvalue weighted by Crippen LogP contribution is 2.19. The van der Waals surface area contributed by atoms with E-state index in [1.54, 1.807) is 12.1 Å². The van der Waals surface area contributed by atoms with Crippen LogP contribution >= 0.6 is 0 Å². The highest BCUT2D eigenvalue weighted by atomic mass is 16.2. The summed E-state index contributed by atoms with van der Waals surface area (Å²) in [5.74, 6) is -0.188. The fraction of sp³-hybridized carbons (Fsp3) is 0.200. The minimum atomic E-state index is -0.248. The number of benzene rings is 2. The van der Waals surface area contributed by atoms with Crippen LogP contribution in [0.2, 0.25) is 0 Å². The summed E-state index contributed by atoms with van der Waals surface area (Å²) in [5.41, 5.74) is 5.83. The molecule has 0 aliphatic rings. The monoisotopic (exact) mass is 361 g/mol. The summed E-state index contributed by atoms with van der Waals surface area (Å²) >= 11 is 0. The van der Waals surface area contributed by atoms with Crippen LogP contribution in [0.25, 0.3) is 22.1 Å². The maximum atomic E-state index is 12.7. The molecule has 2 aromatic carbocycles. The van der Waals surface area contributed by atoms with Crippen molar-refractivity contribution in [2.24, 2.45) is 0 Å². The lowest BCUT2D eigenvalue weighted by atomic mass is 10.1. The fourth-order valence-electron chi connectivity index (χ4n) is 3.05. The molecule has 4 rings (SSSR count). The Hall–Kier alpha value is -3.48. The minimum Gasteiger partial charge on any atom is -0.346 e. The Balaban J connectivity index is 1.59. The van der Waals surface area contributed by atoms with Crippen molar-refractivity contribution in [3.8, 4) is 0 Å². The van der Waals surface area contributed by atoms with Gasteiger partial charge in [0.05, 0.1) is 39.5 Å². The Morgan fingerprint density at radius 2 is 1.67 bits per heavy atom. The molecule has 136 valence electrons. The number of amides is 1.